The zero-order valence-corrected chi connectivity index (χ0v) is 15.1. The monoisotopic (exact) mass is 379 g/mol. The molecule has 0 saturated heterocycles. The molecule has 0 aliphatic rings. The minimum Gasteiger partial charge on any atom is -0.476 e. The molecule has 0 radical (unpaired) electrons. The number of halogens is 1. The first-order valence-corrected chi connectivity index (χ1v) is 8.60. The Labute approximate surface area is 161 Å². The number of ether oxygens (including phenoxy) is 2. The number of carbonyl (C=O) groups excluding carboxylic acids is 1. The van der Waals surface area contributed by atoms with Crippen LogP contribution in [-0.4, -0.2) is 22.5 Å². The van der Waals surface area contributed by atoms with E-state index in [1.807, 2.05) is 6.92 Å². The van der Waals surface area contributed by atoms with E-state index in [2.05, 4.69) is 15.3 Å². The van der Waals surface area contributed by atoms with E-state index in [9.17, 15) is 9.18 Å². The first-order chi connectivity index (χ1) is 13.7. The van der Waals surface area contributed by atoms with Crippen LogP contribution in [0.2, 0.25) is 0 Å². The summed E-state index contributed by atoms with van der Waals surface area (Å²) in [5.41, 5.74) is 0.979. The van der Waals surface area contributed by atoms with Gasteiger partial charge in [-0.3, -0.25) is 9.78 Å². The van der Waals surface area contributed by atoms with Crippen molar-refractivity contribution in [1.82, 2.24) is 9.97 Å². The standard InChI is InChI=1S/C21H18FN3O3/c1-2-27-21-18(6-4-12-24-21)25-20(26)10-8-15-7-9-19(17(22)13-15)28-16-5-3-11-23-14-16/h3-14H,2H2,1H3,(H,25,26)/b10-8+. The Hall–Kier alpha value is -3.74. The summed E-state index contributed by atoms with van der Waals surface area (Å²) < 4.78 is 25.0. The topological polar surface area (TPSA) is 73.3 Å². The Kier molecular flexibility index (Phi) is 6.30. The number of benzene rings is 1. The fourth-order valence-electron chi connectivity index (χ4n) is 2.32. The molecule has 7 heteroatoms. The Bertz CT molecular complexity index is 978. The Morgan fingerprint density at radius 3 is 2.82 bits per heavy atom. The third-order valence-electron chi connectivity index (χ3n) is 3.56. The predicted octanol–water partition coefficient (Wildman–Crippen LogP) is 4.46. The number of rotatable bonds is 7. The van der Waals surface area contributed by atoms with Gasteiger partial charge in [-0.1, -0.05) is 6.07 Å². The zero-order chi connectivity index (χ0) is 19.8. The van der Waals surface area contributed by atoms with Crippen molar-refractivity contribution in [1.29, 1.82) is 0 Å². The largest absolute Gasteiger partial charge is 0.476 e. The van der Waals surface area contributed by atoms with Crippen molar-refractivity contribution >= 4 is 17.7 Å². The fourth-order valence-corrected chi connectivity index (χ4v) is 2.32. The van der Waals surface area contributed by atoms with Crippen molar-refractivity contribution in [3.63, 3.8) is 0 Å². The van der Waals surface area contributed by atoms with E-state index in [4.69, 9.17) is 9.47 Å². The molecular formula is C21H18FN3O3. The van der Waals surface area contributed by atoms with E-state index >= 15 is 0 Å². The maximum Gasteiger partial charge on any atom is 0.248 e. The van der Waals surface area contributed by atoms with Crippen LogP contribution in [-0.2, 0) is 4.79 Å². The van der Waals surface area contributed by atoms with Crippen LogP contribution >= 0.6 is 0 Å². The minimum atomic E-state index is -0.544. The molecule has 1 amide bonds. The highest BCUT2D eigenvalue weighted by atomic mass is 19.1. The SMILES string of the molecule is CCOc1ncccc1NC(=O)/C=C/c1ccc(Oc2cccnc2)c(F)c1. The molecule has 0 aliphatic heterocycles. The second kappa shape index (κ2) is 9.27. The number of anilines is 1. The van der Waals surface area contributed by atoms with E-state index in [1.165, 1.54) is 30.5 Å². The number of nitrogens with one attached hydrogen (secondary N) is 1. The molecule has 1 aromatic carbocycles. The molecule has 142 valence electrons. The molecule has 1 N–H and O–H groups in total. The smallest absolute Gasteiger partial charge is 0.248 e. The van der Waals surface area contributed by atoms with Crippen LogP contribution in [0.25, 0.3) is 6.08 Å². The van der Waals surface area contributed by atoms with Gasteiger partial charge in [-0.15, -0.1) is 0 Å². The van der Waals surface area contributed by atoms with Crippen LogP contribution < -0.4 is 14.8 Å². The Morgan fingerprint density at radius 1 is 1.21 bits per heavy atom. The van der Waals surface area contributed by atoms with Gasteiger partial charge >= 0.3 is 0 Å². The number of amides is 1. The summed E-state index contributed by atoms with van der Waals surface area (Å²) in [7, 11) is 0. The van der Waals surface area contributed by atoms with Gasteiger partial charge in [0.25, 0.3) is 0 Å². The molecule has 2 aromatic heterocycles. The van der Waals surface area contributed by atoms with Crippen molar-refractivity contribution in [3.05, 3.63) is 78.5 Å². The molecule has 2 heterocycles. The van der Waals surface area contributed by atoms with Crippen molar-refractivity contribution in [2.75, 3.05) is 11.9 Å². The highest BCUT2D eigenvalue weighted by molar-refractivity contribution is 6.02. The quantitative estimate of drug-likeness (QED) is 0.614. The van der Waals surface area contributed by atoms with Crippen LogP contribution in [0.5, 0.6) is 17.4 Å². The lowest BCUT2D eigenvalue weighted by molar-refractivity contribution is -0.111. The molecule has 0 saturated carbocycles. The van der Waals surface area contributed by atoms with Crippen molar-refractivity contribution in [3.8, 4) is 17.4 Å². The first-order valence-electron chi connectivity index (χ1n) is 8.60. The van der Waals surface area contributed by atoms with Crippen LogP contribution in [0.3, 0.4) is 0 Å². The van der Waals surface area contributed by atoms with Gasteiger partial charge in [0.2, 0.25) is 11.8 Å². The number of aromatic nitrogens is 2. The van der Waals surface area contributed by atoms with Gasteiger partial charge < -0.3 is 14.8 Å². The Balaban J connectivity index is 1.65. The molecule has 0 bridgehead atoms. The third kappa shape index (κ3) is 5.14. The van der Waals surface area contributed by atoms with Gasteiger partial charge in [0, 0.05) is 18.5 Å². The minimum absolute atomic E-state index is 0.0753. The molecular weight excluding hydrogens is 361 g/mol. The van der Waals surface area contributed by atoms with Crippen LogP contribution in [0.4, 0.5) is 10.1 Å². The van der Waals surface area contributed by atoms with Gasteiger partial charge in [-0.25, -0.2) is 9.37 Å². The average Bonchev–Trinajstić information content (AvgIpc) is 2.71. The number of carbonyl (C=O) groups is 1. The van der Waals surface area contributed by atoms with Crippen molar-refractivity contribution < 1.29 is 18.7 Å². The third-order valence-corrected chi connectivity index (χ3v) is 3.56. The summed E-state index contributed by atoms with van der Waals surface area (Å²) in [4.78, 5) is 20.1. The van der Waals surface area contributed by atoms with E-state index in [1.54, 1.807) is 42.7 Å². The van der Waals surface area contributed by atoms with Gasteiger partial charge in [0.05, 0.1) is 12.8 Å². The van der Waals surface area contributed by atoms with Crippen LogP contribution in [0, 0.1) is 5.82 Å². The normalized spacial score (nSPS) is 10.6. The molecule has 3 rings (SSSR count). The molecule has 28 heavy (non-hydrogen) atoms. The number of hydrogen-bond donors (Lipinski definition) is 1. The van der Waals surface area contributed by atoms with E-state index in [0.29, 0.717) is 29.5 Å². The molecule has 0 aliphatic carbocycles. The second-order valence-corrected chi connectivity index (χ2v) is 5.59. The lowest BCUT2D eigenvalue weighted by Crippen LogP contribution is -2.10. The van der Waals surface area contributed by atoms with Gasteiger partial charge in [0.1, 0.15) is 11.4 Å². The van der Waals surface area contributed by atoms with Crippen LogP contribution in [0.15, 0.2) is 67.1 Å². The van der Waals surface area contributed by atoms with Gasteiger partial charge in [-0.05, 0) is 55.0 Å². The fraction of sp³-hybridized carbons (Fsp3) is 0.0952. The molecule has 6 nitrogen and oxygen atoms in total. The van der Waals surface area contributed by atoms with Crippen molar-refractivity contribution in [2.45, 2.75) is 6.92 Å². The van der Waals surface area contributed by atoms with E-state index < -0.39 is 5.82 Å². The molecule has 0 fully saturated rings. The predicted molar refractivity (Wildman–Crippen MR) is 104 cm³/mol. The maximum absolute atomic E-state index is 14.2. The maximum atomic E-state index is 14.2. The Morgan fingerprint density at radius 2 is 2.07 bits per heavy atom. The number of nitrogens with zero attached hydrogens (tertiary/aromatic N) is 2. The molecule has 3 aromatic rings. The molecule has 0 spiro atoms. The van der Waals surface area contributed by atoms with E-state index in [-0.39, 0.29) is 11.7 Å². The molecule has 0 atom stereocenters. The lowest BCUT2D eigenvalue weighted by Gasteiger charge is -2.08. The second-order valence-electron chi connectivity index (χ2n) is 5.59. The average molecular weight is 379 g/mol. The highest BCUT2D eigenvalue weighted by Crippen LogP contribution is 2.25. The summed E-state index contributed by atoms with van der Waals surface area (Å²) >= 11 is 0. The number of hydrogen-bond acceptors (Lipinski definition) is 5. The van der Waals surface area contributed by atoms with Crippen molar-refractivity contribution in [2.24, 2.45) is 0 Å². The van der Waals surface area contributed by atoms with Gasteiger partial charge in [-0.2, -0.15) is 0 Å². The zero-order valence-electron chi connectivity index (χ0n) is 15.1. The molecule has 0 unspecified atom stereocenters. The van der Waals surface area contributed by atoms with E-state index in [0.717, 1.165) is 0 Å². The summed E-state index contributed by atoms with van der Waals surface area (Å²) in [5.74, 6) is -0.0750. The summed E-state index contributed by atoms with van der Waals surface area (Å²) in [5, 5.41) is 2.69. The first kappa shape index (κ1) is 19.0. The van der Waals surface area contributed by atoms with Gasteiger partial charge in [0.15, 0.2) is 11.6 Å². The highest BCUT2D eigenvalue weighted by Gasteiger charge is 2.08. The summed E-state index contributed by atoms with van der Waals surface area (Å²) in [6.07, 6.45) is 7.48. The lowest BCUT2D eigenvalue weighted by atomic mass is 10.2. The number of pyridine rings is 2. The van der Waals surface area contributed by atoms with Crippen LogP contribution in [0.1, 0.15) is 12.5 Å². The summed E-state index contributed by atoms with van der Waals surface area (Å²) in [6.45, 7) is 2.26. The summed E-state index contributed by atoms with van der Waals surface area (Å²) in [6, 6.07) is 11.2.